The molecule has 0 fully saturated rings. The van der Waals surface area contributed by atoms with Gasteiger partial charge in [-0.2, -0.15) is 0 Å². The second kappa shape index (κ2) is 8.06. The summed E-state index contributed by atoms with van der Waals surface area (Å²) in [6.45, 7) is 14.0. The number of benzene rings is 3. The van der Waals surface area contributed by atoms with E-state index in [1.807, 2.05) is 0 Å². The molecule has 0 aliphatic carbocycles. The molecule has 0 aliphatic rings. The average Bonchev–Trinajstić information content (AvgIpc) is 2.61. The normalized spacial score (nSPS) is 12.8. The standard InChI is InChI=1S/C26H32Si2/c1-18-11-14-21(15-12-18)26(28(4,5)6)25(22-10-8-7-9-20(22)3)23-16-13-19(2)17-24(23)27/h7-17H,1-6,27H3. The average molecular weight is 401 g/mol. The molecule has 28 heavy (non-hydrogen) atoms. The van der Waals surface area contributed by atoms with Gasteiger partial charge in [0.05, 0.1) is 8.07 Å². The van der Waals surface area contributed by atoms with Gasteiger partial charge < -0.3 is 0 Å². The van der Waals surface area contributed by atoms with Crippen molar-refractivity contribution >= 4 is 34.3 Å². The molecule has 144 valence electrons. The predicted molar refractivity (Wildman–Crippen MR) is 132 cm³/mol. The summed E-state index contributed by atoms with van der Waals surface area (Å²) in [5.74, 6) is 0. The SMILES string of the molecule is Cc1ccc(C(=C(c2ccccc2C)c2ccc(C)cc2[SiH3])[Si](C)(C)C)cc1. The molecule has 0 aliphatic heterocycles. The van der Waals surface area contributed by atoms with E-state index in [0.717, 1.165) is 10.2 Å². The first-order valence-electron chi connectivity index (χ1n) is 10.1. The first-order valence-corrected chi connectivity index (χ1v) is 14.6. The molecule has 0 radical (unpaired) electrons. The predicted octanol–water partition coefficient (Wildman–Crippen LogP) is 5.44. The third kappa shape index (κ3) is 4.29. The number of aryl methyl sites for hydroxylation is 3. The quantitative estimate of drug-likeness (QED) is 0.404. The summed E-state index contributed by atoms with van der Waals surface area (Å²) in [7, 11) is -0.592. The van der Waals surface area contributed by atoms with Crippen molar-refractivity contribution in [1.29, 1.82) is 0 Å². The highest BCUT2D eigenvalue weighted by Gasteiger charge is 2.27. The summed E-state index contributed by atoms with van der Waals surface area (Å²) in [5, 5.41) is 3.05. The Bertz CT molecular complexity index is 1020. The molecule has 0 saturated heterocycles. The minimum absolute atomic E-state index is 1.05. The van der Waals surface area contributed by atoms with Crippen molar-refractivity contribution in [2.24, 2.45) is 0 Å². The first-order chi connectivity index (χ1) is 13.2. The van der Waals surface area contributed by atoms with Crippen molar-refractivity contribution in [3.8, 4) is 0 Å². The van der Waals surface area contributed by atoms with Gasteiger partial charge in [-0.1, -0.05) is 103 Å². The summed E-state index contributed by atoms with van der Waals surface area (Å²) < 4.78 is 0. The third-order valence-electron chi connectivity index (χ3n) is 5.41. The van der Waals surface area contributed by atoms with Gasteiger partial charge in [-0.3, -0.25) is 0 Å². The number of hydrogen-bond donors (Lipinski definition) is 0. The Balaban J connectivity index is 2.47. The lowest BCUT2D eigenvalue weighted by Crippen LogP contribution is -2.26. The lowest BCUT2D eigenvalue weighted by atomic mass is 9.91. The van der Waals surface area contributed by atoms with E-state index in [2.05, 4.69) is 107 Å². The summed E-state index contributed by atoms with van der Waals surface area (Å²) in [6.07, 6.45) is 0. The molecular formula is C26H32Si2. The number of rotatable bonds is 4. The Kier molecular flexibility index (Phi) is 5.92. The van der Waals surface area contributed by atoms with Gasteiger partial charge in [-0.25, -0.2) is 0 Å². The molecular weight excluding hydrogens is 368 g/mol. The van der Waals surface area contributed by atoms with Crippen LogP contribution in [0.25, 0.3) is 10.8 Å². The molecule has 0 N–H and O–H groups in total. The van der Waals surface area contributed by atoms with Crippen LogP contribution < -0.4 is 5.19 Å². The van der Waals surface area contributed by atoms with E-state index in [0.29, 0.717) is 0 Å². The van der Waals surface area contributed by atoms with Gasteiger partial charge in [-0.05, 0) is 53.8 Å². The molecule has 0 bridgehead atoms. The minimum Gasteiger partial charge on any atom is -0.0656 e. The van der Waals surface area contributed by atoms with Gasteiger partial charge in [0, 0.05) is 10.2 Å². The van der Waals surface area contributed by atoms with E-state index in [9.17, 15) is 0 Å². The van der Waals surface area contributed by atoms with Crippen molar-refractivity contribution in [1.82, 2.24) is 0 Å². The van der Waals surface area contributed by atoms with Crippen LogP contribution in [0.1, 0.15) is 33.4 Å². The summed E-state index contributed by atoms with van der Waals surface area (Å²) in [5.41, 5.74) is 9.64. The maximum atomic E-state index is 2.47. The second-order valence-corrected chi connectivity index (χ2v) is 15.1. The first kappa shape index (κ1) is 20.6. The molecule has 0 nitrogen and oxygen atoms in total. The maximum Gasteiger partial charge on any atom is 0.0792 e. The topological polar surface area (TPSA) is 0 Å². The number of hydrogen-bond acceptors (Lipinski definition) is 0. The van der Waals surface area contributed by atoms with Crippen LogP contribution >= 0.6 is 0 Å². The van der Waals surface area contributed by atoms with Crippen molar-refractivity contribution in [3.63, 3.8) is 0 Å². The molecule has 0 aromatic heterocycles. The van der Waals surface area contributed by atoms with Crippen molar-refractivity contribution in [2.45, 2.75) is 40.4 Å². The molecule has 0 heterocycles. The summed E-state index contributed by atoms with van der Waals surface area (Å²) in [4.78, 5) is 0. The van der Waals surface area contributed by atoms with Crippen molar-refractivity contribution < 1.29 is 0 Å². The molecule has 0 unspecified atom stereocenters. The Morgan fingerprint density at radius 1 is 0.714 bits per heavy atom. The van der Waals surface area contributed by atoms with E-state index in [1.54, 1.807) is 5.20 Å². The van der Waals surface area contributed by atoms with Crippen LogP contribution in [-0.2, 0) is 0 Å². The second-order valence-electron chi connectivity index (χ2n) is 9.00. The highest BCUT2D eigenvalue weighted by molar-refractivity contribution is 6.95. The van der Waals surface area contributed by atoms with Crippen LogP contribution in [0, 0.1) is 20.8 Å². The molecule has 0 amide bonds. The van der Waals surface area contributed by atoms with Crippen LogP contribution in [0.4, 0.5) is 0 Å². The third-order valence-corrected chi connectivity index (χ3v) is 8.27. The van der Waals surface area contributed by atoms with Gasteiger partial charge in [-0.15, -0.1) is 0 Å². The molecule has 2 heteroatoms. The highest BCUT2D eigenvalue weighted by atomic mass is 28.3. The van der Waals surface area contributed by atoms with Crippen molar-refractivity contribution in [3.05, 3.63) is 100 Å². The van der Waals surface area contributed by atoms with Crippen LogP contribution in [-0.4, -0.2) is 18.3 Å². The van der Waals surface area contributed by atoms with E-state index >= 15 is 0 Å². The van der Waals surface area contributed by atoms with Gasteiger partial charge in [0.1, 0.15) is 0 Å². The maximum absolute atomic E-state index is 2.47. The van der Waals surface area contributed by atoms with Gasteiger partial charge >= 0.3 is 0 Å². The van der Waals surface area contributed by atoms with Crippen LogP contribution in [0.2, 0.25) is 19.6 Å². The molecule has 0 saturated carbocycles. The highest BCUT2D eigenvalue weighted by Crippen LogP contribution is 2.38. The Labute approximate surface area is 174 Å². The van der Waals surface area contributed by atoms with Crippen molar-refractivity contribution in [2.75, 3.05) is 0 Å². The van der Waals surface area contributed by atoms with Crippen LogP contribution in [0.15, 0.2) is 66.7 Å². The van der Waals surface area contributed by atoms with E-state index in [1.165, 1.54) is 44.1 Å². The fraction of sp³-hybridized carbons (Fsp3) is 0.231. The van der Waals surface area contributed by atoms with E-state index in [4.69, 9.17) is 0 Å². The lowest BCUT2D eigenvalue weighted by molar-refractivity contribution is 1.40. The Morgan fingerprint density at radius 3 is 1.89 bits per heavy atom. The fourth-order valence-corrected chi connectivity index (χ4v) is 6.96. The largest absolute Gasteiger partial charge is 0.0792 e. The zero-order valence-corrected chi connectivity index (χ0v) is 21.4. The van der Waals surface area contributed by atoms with Crippen LogP contribution in [0.3, 0.4) is 0 Å². The zero-order valence-electron chi connectivity index (χ0n) is 18.4. The van der Waals surface area contributed by atoms with Gasteiger partial charge in [0.15, 0.2) is 0 Å². The monoisotopic (exact) mass is 400 g/mol. The Hall–Kier alpha value is -2.17. The minimum atomic E-state index is -1.64. The van der Waals surface area contributed by atoms with Crippen LogP contribution in [0.5, 0.6) is 0 Å². The smallest absolute Gasteiger partial charge is 0.0656 e. The fourth-order valence-electron chi connectivity index (χ4n) is 4.03. The molecule has 3 aromatic rings. The van der Waals surface area contributed by atoms with Gasteiger partial charge in [0.25, 0.3) is 0 Å². The zero-order chi connectivity index (χ0) is 20.5. The van der Waals surface area contributed by atoms with E-state index in [-0.39, 0.29) is 0 Å². The summed E-state index contributed by atoms with van der Waals surface area (Å²) in [6, 6.07) is 25.0. The summed E-state index contributed by atoms with van der Waals surface area (Å²) >= 11 is 0. The molecule has 3 aromatic carbocycles. The van der Waals surface area contributed by atoms with E-state index < -0.39 is 8.07 Å². The molecule has 0 spiro atoms. The Morgan fingerprint density at radius 2 is 1.32 bits per heavy atom. The molecule has 0 atom stereocenters. The lowest BCUT2D eigenvalue weighted by Gasteiger charge is -2.28. The van der Waals surface area contributed by atoms with Gasteiger partial charge in [0.2, 0.25) is 0 Å². The molecule has 3 rings (SSSR count).